The number of carbonyl (C=O) groups is 1. The third-order valence-electron chi connectivity index (χ3n) is 7.17. The molecule has 1 spiro atoms. The molecule has 3 N–H and O–H groups in total. The normalized spacial score (nSPS) is 17.4. The van der Waals surface area contributed by atoms with Crippen LogP contribution in [0.4, 0.5) is 23.8 Å². The van der Waals surface area contributed by atoms with Crippen LogP contribution in [0, 0.1) is 6.92 Å². The average Bonchev–Trinajstić information content (AvgIpc) is 3.44. The molecule has 12 heteroatoms. The zero-order chi connectivity index (χ0) is 25.1. The summed E-state index contributed by atoms with van der Waals surface area (Å²) in [7, 11) is 0. The lowest BCUT2D eigenvalue weighted by atomic mass is 9.76. The molecule has 3 aromatic heterocycles. The third kappa shape index (κ3) is 3.80. The van der Waals surface area contributed by atoms with E-state index in [0.717, 1.165) is 36.0 Å². The SMILES string of the molecule is CCn1ncc(C(C)NC(=O)N2CC3(CCn4nc(-c5cnc(N)c(C(F)(F)F)c5)cc43)C2)c1C. The summed E-state index contributed by atoms with van der Waals surface area (Å²) in [5.41, 5.74) is 7.81. The third-order valence-corrected chi connectivity index (χ3v) is 7.17. The lowest BCUT2D eigenvalue weighted by molar-refractivity contribution is -0.137. The van der Waals surface area contributed by atoms with Gasteiger partial charge in [-0.1, -0.05) is 0 Å². The lowest BCUT2D eigenvalue weighted by Crippen LogP contribution is -2.62. The van der Waals surface area contributed by atoms with Crippen molar-refractivity contribution >= 4 is 11.8 Å². The van der Waals surface area contributed by atoms with Crippen LogP contribution in [0.5, 0.6) is 0 Å². The molecule has 1 fully saturated rings. The Hall–Kier alpha value is -3.57. The highest BCUT2D eigenvalue weighted by Crippen LogP contribution is 2.44. The van der Waals surface area contributed by atoms with Crippen LogP contribution in [0.1, 0.15) is 48.8 Å². The monoisotopic (exact) mass is 488 g/mol. The van der Waals surface area contributed by atoms with Gasteiger partial charge in [0, 0.05) is 60.3 Å². The van der Waals surface area contributed by atoms with E-state index in [-0.39, 0.29) is 23.1 Å². The summed E-state index contributed by atoms with van der Waals surface area (Å²) in [6, 6.07) is 2.46. The van der Waals surface area contributed by atoms with E-state index < -0.39 is 17.6 Å². The van der Waals surface area contributed by atoms with Crippen LogP contribution in [0.3, 0.4) is 0 Å². The number of rotatable bonds is 4. The number of anilines is 1. The van der Waals surface area contributed by atoms with Gasteiger partial charge >= 0.3 is 12.2 Å². The standard InChI is InChI=1S/C23H27F3N8O/c1-4-33-14(3)16(10-29-33)13(2)30-21(35)32-11-22(12-32)5-6-34-19(22)8-18(31-34)15-7-17(23(24,25)26)20(27)28-9-15/h7-10,13H,4-6,11-12H2,1-3H3,(H2,27,28)(H,30,35). The molecule has 1 atom stereocenters. The number of fused-ring (bicyclic) bond motifs is 2. The first kappa shape index (κ1) is 23.2. The van der Waals surface area contributed by atoms with Gasteiger partial charge in [-0.2, -0.15) is 23.4 Å². The van der Waals surface area contributed by atoms with Gasteiger partial charge in [-0.05, 0) is 39.3 Å². The van der Waals surface area contributed by atoms with Crippen LogP contribution in [0.25, 0.3) is 11.3 Å². The van der Waals surface area contributed by atoms with Crippen molar-refractivity contribution in [3.63, 3.8) is 0 Å². The summed E-state index contributed by atoms with van der Waals surface area (Å²) in [6.45, 7) is 8.40. The number of urea groups is 1. The molecule has 3 aromatic rings. The number of amides is 2. The van der Waals surface area contributed by atoms with E-state index in [1.807, 2.05) is 30.1 Å². The van der Waals surface area contributed by atoms with E-state index in [1.54, 1.807) is 17.2 Å². The van der Waals surface area contributed by atoms with Crippen molar-refractivity contribution in [3.05, 3.63) is 47.0 Å². The number of halogens is 3. The number of nitrogens with two attached hydrogens (primary N) is 1. The van der Waals surface area contributed by atoms with E-state index >= 15 is 0 Å². The van der Waals surface area contributed by atoms with E-state index in [9.17, 15) is 18.0 Å². The summed E-state index contributed by atoms with van der Waals surface area (Å²) in [5, 5.41) is 11.9. The number of pyridine rings is 1. The zero-order valence-corrected chi connectivity index (χ0v) is 19.7. The second-order valence-corrected chi connectivity index (χ2v) is 9.35. The van der Waals surface area contributed by atoms with Crippen LogP contribution in [0.2, 0.25) is 0 Å². The Morgan fingerprint density at radius 2 is 2.03 bits per heavy atom. The molecule has 2 amide bonds. The molecular formula is C23H27F3N8O. The van der Waals surface area contributed by atoms with Crippen molar-refractivity contribution in [2.45, 2.75) is 57.9 Å². The molecule has 1 unspecified atom stereocenters. The number of aryl methyl sites for hydroxylation is 2. The van der Waals surface area contributed by atoms with Crippen LogP contribution < -0.4 is 11.1 Å². The zero-order valence-electron chi connectivity index (χ0n) is 19.7. The van der Waals surface area contributed by atoms with Crippen LogP contribution >= 0.6 is 0 Å². The molecule has 0 aromatic carbocycles. The summed E-state index contributed by atoms with van der Waals surface area (Å²) in [6.07, 6.45) is -0.677. The van der Waals surface area contributed by atoms with E-state index in [2.05, 4.69) is 20.5 Å². The molecular weight excluding hydrogens is 461 g/mol. The summed E-state index contributed by atoms with van der Waals surface area (Å²) in [4.78, 5) is 18.3. The molecule has 5 rings (SSSR count). The van der Waals surface area contributed by atoms with Crippen molar-refractivity contribution in [1.82, 2.24) is 34.8 Å². The highest BCUT2D eigenvalue weighted by Gasteiger charge is 2.51. The number of nitrogen functional groups attached to an aromatic ring is 1. The maximum atomic E-state index is 13.3. The van der Waals surface area contributed by atoms with Crippen LogP contribution in [0.15, 0.2) is 24.5 Å². The number of carbonyl (C=O) groups excluding carboxylic acids is 1. The molecule has 2 aliphatic heterocycles. The summed E-state index contributed by atoms with van der Waals surface area (Å²) in [5.74, 6) is -0.559. The highest BCUT2D eigenvalue weighted by atomic mass is 19.4. The Morgan fingerprint density at radius 1 is 1.29 bits per heavy atom. The second kappa shape index (κ2) is 7.99. The smallest absolute Gasteiger partial charge is 0.383 e. The van der Waals surface area contributed by atoms with Crippen molar-refractivity contribution in [1.29, 1.82) is 0 Å². The van der Waals surface area contributed by atoms with Crippen molar-refractivity contribution in [3.8, 4) is 11.3 Å². The minimum atomic E-state index is -4.59. The first-order valence-corrected chi connectivity index (χ1v) is 11.5. The van der Waals surface area contributed by atoms with E-state index in [4.69, 9.17) is 5.73 Å². The predicted molar refractivity (Wildman–Crippen MR) is 122 cm³/mol. The first-order valence-electron chi connectivity index (χ1n) is 11.5. The Labute approximate surface area is 200 Å². The van der Waals surface area contributed by atoms with Gasteiger partial charge in [0.15, 0.2) is 0 Å². The van der Waals surface area contributed by atoms with Gasteiger partial charge in [-0.15, -0.1) is 0 Å². The number of likely N-dealkylation sites (tertiary alicyclic amines) is 1. The largest absolute Gasteiger partial charge is 0.419 e. The van der Waals surface area contributed by atoms with Crippen molar-refractivity contribution < 1.29 is 18.0 Å². The van der Waals surface area contributed by atoms with Gasteiger partial charge < -0.3 is 16.0 Å². The first-order chi connectivity index (χ1) is 16.5. The molecule has 0 radical (unpaired) electrons. The molecule has 0 saturated carbocycles. The van der Waals surface area contributed by atoms with Crippen LogP contribution in [-0.4, -0.2) is 48.6 Å². The Kier molecular flexibility index (Phi) is 5.29. The van der Waals surface area contributed by atoms with Gasteiger partial charge in [-0.3, -0.25) is 9.36 Å². The number of aromatic nitrogens is 5. The van der Waals surface area contributed by atoms with Crippen molar-refractivity contribution in [2.75, 3.05) is 18.8 Å². The molecule has 35 heavy (non-hydrogen) atoms. The quantitative estimate of drug-likeness (QED) is 0.585. The van der Waals surface area contributed by atoms with Gasteiger partial charge in [0.1, 0.15) is 5.82 Å². The van der Waals surface area contributed by atoms with Gasteiger partial charge in [-0.25, -0.2) is 9.78 Å². The molecule has 186 valence electrons. The maximum Gasteiger partial charge on any atom is 0.419 e. The molecule has 5 heterocycles. The highest BCUT2D eigenvalue weighted by molar-refractivity contribution is 5.76. The Bertz CT molecular complexity index is 1290. The molecule has 2 aliphatic rings. The number of hydrogen-bond acceptors (Lipinski definition) is 5. The number of nitrogens with one attached hydrogen (secondary N) is 1. The van der Waals surface area contributed by atoms with Crippen LogP contribution in [-0.2, 0) is 24.7 Å². The maximum absolute atomic E-state index is 13.3. The minimum absolute atomic E-state index is 0.150. The molecule has 0 aliphatic carbocycles. The number of alkyl halides is 3. The number of hydrogen-bond donors (Lipinski definition) is 2. The van der Waals surface area contributed by atoms with E-state index in [1.165, 1.54) is 6.20 Å². The van der Waals surface area contributed by atoms with Crippen molar-refractivity contribution in [2.24, 2.45) is 0 Å². The lowest BCUT2D eigenvalue weighted by Gasteiger charge is -2.47. The van der Waals surface area contributed by atoms with Gasteiger partial charge in [0.25, 0.3) is 0 Å². The summed E-state index contributed by atoms with van der Waals surface area (Å²) >= 11 is 0. The van der Waals surface area contributed by atoms with Gasteiger partial charge in [0.2, 0.25) is 0 Å². The second-order valence-electron chi connectivity index (χ2n) is 9.35. The predicted octanol–water partition coefficient (Wildman–Crippen LogP) is 3.50. The topological polar surface area (TPSA) is 107 Å². The average molecular weight is 489 g/mol. The fourth-order valence-electron chi connectivity index (χ4n) is 5.15. The molecule has 0 bridgehead atoms. The number of nitrogens with zero attached hydrogens (tertiary/aromatic N) is 6. The van der Waals surface area contributed by atoms with E-state index in [0.29, 0.717) is 25.3 Å². The minimum Gasteiger partial charge on any atom is -0.383 e. The molecule has 1 saturated heterocycles. The Balaban J connectivity index is 1.29. The fraction of sp³-hybridized carbons (Fsp3) is 0.478. The summed E-state index contributed by atoms with van der Waals surface area (Å²) < 4.78 is 43.5. The fourth-order valence-corrected chi connectivity index (χ4v) is 5.15. The van der Waals surface area contributed by atoms with Gasteiger partial charge in [0.05, 0.1) is 23.5 Å². The Morgan fingerprint density at radius 3 is 2.69 bits per heavy atom. The molecule has 9 nitrogen and oxygen atoms in total.